The quantitative estimate of drug-likeness (QED) is 0.0285. The van der Waals surface area contributed by atoms with Gasteiger partial charge in [0.2, 0.25) is 11.8 Å². The largest absolute Gasteiger partial charge is 0.480 e. The minimum atomic E-state index is -1.28. The number of nitrogens with one attached hydrogen (secondary N) is 2. The number of rotatable bonds is 34. The molecule has 0 bridgehead atoms. The highest BCUT2D eigenvalue weighted by Crippen LogP contribution is 2.05. The predicted octanol–water partition coefficient (Wildman–Crippen LogP) is -7.67. The van der Waals surface area contributed by atoms with Crippen LogP contribution in [0.25, 0.3) is 0 Å². The van der Waals surface area contributed by atoms with Gasteiger partial charge in [0.1, 0.15) is 0 Å². The average molecular weight is 1140 g/mol. The van der Waals surface area contributed by atoms with Gasteiger partial charge in [-0.1, -0.05) is 0 Å². The maximum atomic E-state index is 13.2. The zero-order valence-corrected chi connectivity index (χ0v) is 44.7. The predicted molar refractivity (Wildman–Crippen MR) is 276 cm³/mol. The van der Waals surface area contributed by atoms with Gasteiger partial charge in [0.15, 0.2) is 0 Å². The van der Waals surface area contributed by atoms with Gasteiger partial charge in [0.05, 0.1) is 72.0 Å². The molecule has 450 valence electrons. The second-order valence-electron chi connectivity index (χ2n) is 19.3. The second kappa shape index (κ2) is 38.4. The van der Waals surface area contributed by atoms with E-state index >= 15 is 0 Å². The summed E-state index contributed by atoms with van der Waals surface area (Å²) >= 11 is 0. The molecule has 33 nitrogen and oxygen atoms in total. The van der Waals surface area contributed by atoms with Gasteiger partial charge in [-0.3, -0.25) is 107 Å². The molecule has 0 aliphatic carbocycles. The van der Waals surface area contributed by atoms with Crippen LogP contribution in [0.5, 0.6) is 0 Å². The zero-order valence-electron chi connectivity index (χ0n) is 44.7. The van der Waals surface area contributed by atoms with Crippen molar-refractivity contribution in [2.45, 2.75) is 0 Å². The number of carboxylic acid groups (broad SMARTS) is 9. The Bertz CT molecular complexity index is 1800. The molecule has 2 rings (SSSR count). The molecule has 2 aliphatic heterocycles. The number of hydrogen-bond donors (Lipinski definition) is 11. The van der Waals surface area contributed by atoms with E-state index in [1.165, 1.54) is 14.7 Å². The highest BCUT2D eigenvalue weighted by Gasteiger charge is 2.25. The molecule has 0 unspecified atom stereocenters. The summed E-state index contributed by atoms with van der Waals surface area (Å²) < 4.78 is 0. The molecule has 0 aromatic rings. The van der Waals surface area contributed by atoms with Gasteiger partial charge >= 0.3 is 53.7 Å². The number of carboxylic acids is 9. The molecule has 0 atom stereocenters. The summed E-state index contributed by atoms with van der Waals surface area (Å²) in [6.45, 7) is -0.440. The topological polar surface area (TPSA) is 430 Å². The fraction of sp³-hybridized carbons (Fsp3) is 0.761. The minimum Gasteiger partial charge on any atom is -0.480 e. The normalized spacial score (nSPS) is 17.5. The van der Waals surface area contributed by atoms with Crippen molar-refractivity contribution in [2.24, 2.45) is 0 Å². The third-order valence-electron chi connectivity index (χ3n) is 12.8. The monoisotopic (exact) mass is 1140 g/mol. The lowest BCUT2D eigenvalue weighted by Gasteiger charge is -2.33. The van der Waals surface area contributed by atoms with Gasteiger partial charge in [0.25, 0.3) is 0 Å². The van der Waals surface area contributed by atoms with E-state index in [0.717, 1.165) is 0 Å². The molecule has 2 amide bonds. The molecule has 2 fully saturated rings. The number of amides is 2. The fourth-order valence-corrected chi connectivity index (χ4v) is 8.76. The van der Waals surface area contributed by atoms with E-state index in [1.54, 1.807) is 29.4 Å². The van der Waals surface area contributed by atoms with Crippen molar-refractivity contribution in [1.82, 2.24) is 64.5 Å². The van der Waals surface area contributed by atoms with Crippen molar-refractivity contribution in [3.8, 4) is 0 Å². The van der Waals surface area contributed by atoms with E-state index in [4.69, 9.17) is 0 Å². The standard InChI is InChI=1S/C46H81N13O20/c60-36(47-1-3-49-5-9-51(27-38(62)63)13-17-55(31-42(70)71)18-14-52(10-6-49)28-39(64)65)25-58(34-45(76)77)23-21-57(33-44(74)75)22-24-59(35-46(78)79)26-37(61)48-2-4-50-7-11-53(29-40(66)67)15-19-56(32-43(72)73)20-16-54(12-8-50)30-41(68)69/h1-35H2,(H,47,60)(H,48,61)(H,62,63)(H,64,65)(H,66,67)(H,68,69)(H,70,71)(H,72,73)(H,74,75)(H,76,77)(H,78,79). The van der Waals surface area contributed by atoms with Gasteiger partial charge in [-0.25, -0.2) is 0 Å². The van der Waals surface area contributed by atoms with Gasteiger partial charge in [0, 0.05) is 157 Å². The van der Waals surface area contributed by atoms with Crippen molar-refractivity contribution >= 4 is 65.5 Å². The Morgan fingerprint density at radius 1 is 0.266 bits per heavy atom. The lowest BCUT2D eigenvalue weighted by atomic mass is 10.3. The molecule has 2 aliphatic rings. The SMILES string of the molecule is O=C(O)CN1CCN(CCNC(=O)CN(CCN(CCN(CC(=O)O)CC(=O)NCCN2CCN(CC(=O)O)CCN(CC(=O)O)CCN(CC(=O)O)CC2)CC(=O)O)CC(=O)O)CCN(CC(=O)O)CCN(CC(=O)O)CC1. The Kier molecular flexibility index (Phi) is 33.4. The van der Waals surface area contributed by atoms with Gasteiger partial charge in [-0.2, -0.15) is 0 Å². The summed E-state index contributed by atoms with van der Waals surface area (Å²) in [6, 6.07) is 0. The van der Waals surface area contributed by atoms with Crippen LogP contribution in [0.3, 0.4) is 0 Å². The summed E-state index contributed by atoms with van der Waals surface area (Å²) in [5, 5.41) is 91.4. The number of carbonyl (C=O) groups excluding carboxylic acids is 2. The van der Waals surface area contributed by atoms with E-state index in [1.807, 2.05) is 9.80 Å². The first-order valence-corrected chi connectivity index (χ1v) is 25.8. The van der Waals surface area contributed by atoms with Crippen molar-refractivity contribution < 1.29 is 98.7 Å². The molecular weight excluding hydrogens is 1050 g/mol. The van der Waals surface area contributed by atoms with E-state index in [-0.39, 0.29) is 170 Å². The first-order valence-electron chi connectivity index (χ1n) is 25.8. The highest BCUT2D eigenvalue weighted by molar-refractivity contribution is 5.79. The lowest BCUT2D eigenvalue weighted by Crippen LogP contribution is -2.50. The number of hydrogen-bond acceptors (Lipinski definition) is 22. The molecule has 33 heteroatoms. The third-order valence-corrected chi connectivity index (χ3v) is 12.8. The third kappa shape index (κ3) is 35.1. The second-order valence-corrected chi connectivity index (χ2v) is 19.3. The van der Waals surface area contributed by atoms with Gasteiger partial charge in [-0.15, -0.1) is 0 Å². The van der Waals surface area contributed by atoms with Crippen molar-refractivity contribution in [3.05, 3.63) is 0 Å². The summed E-state index contributed by atoms with van der Waals surface area (Å²) in [5.74, 6) is -11.5. The molecule has 0 aromatic carbocycles. The van der Waals surface area contributed by atoms with E-state index in [2.05, 4.69) is 10.6 Å². The Labute approximate surface area is 457 Å². The Hall–Kier alpha value is -6.27. The van der Waals surface area contributed by atoms with E-state index in [9.17, 15) is 98.7 Å². The summed E-state index contributed by atoms with van der Waals surface area (Å²) in [7, 11) is 0. The number of carbonyl (C=O) groups is 11. The van der Waals surface area contributed by atoms with Crippen LogP contribution >= 0.6 is 0 Å². The smallest absolute Gasteiger partial charge is 0.317 e. The van der Waals surface area contributed by atoms with Crippen LogP contribution < -0.4 is 10.6 Å². The van der Waals surface area contributed by atoms with Crippen molar-refractivity contribution in [3.63, 3.8) is 0 Å². The first-order chi connectivity index (χ1) is 37.3. The maximum absolute atomic E-state index is 13.2. The van der Waals surface area contributed by atoms with Crippen LogP contribution in [-0.2, 0) is 52.7 Å². The summed E-state index contributed by atoms with van der Waals surface area (Å²) in [5.41, 5.74) is 0. The fourth-order valence-electron chi connectivity index (χ4n) is 8.76. The molecule has 2 saturated heterocycles. The lowest BCUT2D eigenvalue weighted by molar-refractivity contribution is -0.141. The minimum absolute atomic E-state index is 0.0545. The Morgan fingerprint density at radius 2 is 0.456 bits per heavy atom. The molecule has 0 spiro atoms. The van der Waals surface area contributed by atoms with Crippen LogP contribution in [0, 0.1) is 0 Å². The number of aliphatic carboxylic acids is 9. The molecule has 2 heterocycles. The Balaban J connectivity index is 2.06. The van der Waals surface area contributed by atoms with Crippen molar-refractivity contribution in [1.29, 1.82) is 0 Å². The van der Waals surface area contributed by atoms with E-state index in [0.29, 0.717) is 26.2 Å². The first kappa shape index (κ1) is 68.8. The van der Waals surface area contributed by atoms with Crippen LogP contribution in [0.15, 0.2) is 0 Å². The summed E-state index contributed by atoms with van der Waals surface area (Å²) in [4.78, 5) is 149. The van der Waals surface area contributed by atoms with Gasteiger partial charge in [-0.05, 0) is 0 Å². The summed E-state index contributed by atoms with van der Waals surface area (Å²) in [6.07, 6.45) is 0. The van der Waals surface area contributed by atoms with Crippen molar-refractivity contribution in [2.75, 3.05) is 229 Å². The van der Waals surface area contributed by atoms with Crippen LogP contribution in [0.2, 0.25) is 0 Å². The van der Waals surface area contributed by atoms with Gasteiger partial charge < -0.3 is 56.6 Å². The molecule has 0 radical (unpaired) electrons. The average Bonchev–Trinajstić information content (AvgIpc) is 3.32. The van der Waals surface area contributed by atoms with Crippen LogP contribution in [-0.4, -0.2) is 394 Å². The molecule has 0 aromatic heterocycles. The Morgan fingerprint density at radius 3 is 0.658 bits per heavy atom. The zero-order chi connectivity index (χ0) is 58.9. The molecule has 11 N–H and O–H groups in total. The van der Waals surface area contributed by atoms with E-state index < -0.39 is 98.3 Å². The number of nitrogens with zero attached hydrogens (tertiary/aromatic N) is 11. The van der Waals surface area contributed by atoms with Crippen LogP contribution in [0.1, 0.15) is 0 Å². The highest BCUT2D eigenvalue weighted by atomic mass is 16.4. The molecule has 0 saturated carbocycles. The molecule has 79 heavy (non-hydrogen) atoms. The van der Waals surface area contributed by atoms with Crippen LogP contribution in [0.4, 0.5) is 0 Å². The molecular formula is C46H81N13O20. The maximum Gasteiger partial charge on any atom is 0.317 e.